The minimum atomic E-state index is -5.03. The van der Waals surface area contributed by atoms with Gasteiger partial charge in [-0.2, -0.15) is 31.1 Å². The largest absolute Gasteiger partial charge is 0.481 e. The molecule has 0 fully saturated rings. The molecule has 2 aromatic heterocycles. The van der Waals surface area contributed by atoms with Crippen LogP contribution in [0.1, 0.15) is 48.2 Å². The third-order valence-electron chi connectivity index (χ3n) is 6.33. The van der Waals surface area contributed by atoms with Crippen LogP contribution in [0.2, 0.25) is 0 Å². The van der Waals surface area contributed by atoms with Crippen molar-refractivity contribution in [2.75, 3.05) is 16.9 Å². The van der Waals surface area contributed by atoms with Gasteiger partial charge in [0.2, 0.25) is 5.88 Å². The van der Waals surface area contributed by atoms with Crippen LogP contribution in [0.5, 0.6) is 5.88 Å². The highest BCUT2D eigenvalue weighted by molar-refractivity contribution is 5.88. The van der Waals surface area contributed by atoms with Gasteiger partial charge in [0.1, 0.15) is 0 Å². The first-order chi connectivity index (χ1) is 18.2. The Hall–Kier alpha value is -4.11. The van der Waals surface area contributed by atoms with Crippen LogP contribution in [0.3, 0.4) is 0 Å². The van der Waals surface area contributed by atoms with Crippen molar-refractivity contribution in [1.82, 2.24) is 25.2 Å². The van der Waals surface area contributed by atoms with Gasteiger partial charge < -0.3 is 14.7 Å². The first kappa shape index (κ1) is 27.9. The smallest absolute Gasteiger partial charge is 0.416 e. The zero-order chi connectivity index (χ0) is 28.7. The van der Waals surface area contributed by atoms with E-state index >= 15 is 0 Å². The van der Waals surface area contributed by atoms with E-state index in [2.05, 4.69) is 20.4 Å². The molecule has 210 valence electrons. The summed E-state index contributed by atoms with van der Waals surface area (Å²) in [4.78, 5) is 20.1. The highest BCUT2D eigenvalue weighted by atomic mass is 19.4. The molecule has 16 heteroatoms. The van der Waals surface area contributed by atoms with E-state index in [1.807, 2.05) is 0 Å². The number of aryl methyl sites for hydroxylation is 1. The third kappa shape index (κ3) is 5.68. The average Bonchev–Trinajstić information content (AvgIpc) is 3.30. The number of halogens is 6. The Labute approximate surface area is 217 Å². The number of benzene rings is 1. The number of hydrogen-bond donors (Lipinski definition) is 1. The quantitative estimate of drug-likeness (QED) is 0.417. The van der Waals surface area contributed by atoms with Crippen LogP contribution in [0.4, 0.5) is 42.8 Å². The number of carboxylic acid groups (broad SMARTS) is 1. The third-order valence-corrected chi connectivity index (χ3v) is 6.33. The molecule has 0 saturated carbocycles. The number of carbonyl (C=O) groups is 1. The molecule has 1 N–H and O–H groups in total. The molecule has 0 saturated heterocycles. The lowest BCUT2D eigenvalue weighted by atomic mass is 9.92. The first-order valence-electron chi connectivity index (χ1n) is 11.6. The number of tetrazole rings is 1. The second kappa shape index (κ2) is 10.2. The minimum absolute atomic E-state index is 0.0502. The van der Waals surface area contributed by atoms with Crippen molar-refractivity contribution in [2.45, 2.75) is 50.7 Å². The predicted octanol–water partition coefficient (Wildman–Crippen LogP) is 5.07. The number of methoxy groups -OCH3 is 1. The van der Waals surface area contributed by atoms with E-state index in [1.54, 1.807) is 6.92 Å². The summed E-state index contributed by atoms with van der Waals surface area (Å²) in [6.45, 7) is 1.26. The Bertz CT molecular complexity index is 1330. The monoisotopic (exact) mass is 559 g/mol. The van der Waals surface area contributed by atoms with Crippen LogP contribution in [-0.2, 0) is 25.9 Å². The SMILES string of the molecule is CC[C@@H]1C[C@H](N(Cc2cc(C(F)(F)F)cc(C(F)(F)F)c2)c2nnn(C)n2)c2nc(OC)ccc2N1C(=O)O. The second-order valence-electron chi connectivity index (χ2n) is 8.85. The van der Waals surface area contributed by atoms with Crippen molar-refractivity contribution >= 4 is 17.7 Å². The van der Waals surface area contributed by atoms with E-state index in [0.29, 0.717) is 18.6 Å². The zero-order valence-corrected chi connectivity index (χ0v) is 20.8. The number of ether oxygens (including phenoxy) is 1. The normalized spacial score (nSPS) is 17.6. The Morgan fingerprint density at radius 2 is 1.77 bits per heavy atom. The molecule has 2 atom stereocenters. The van der Waals surface area contributed by atoms with Crippen LogP contribution in [-0.4, -0.2) is 49.5 Å². The molecule has 1 aliphatic heterocycles. The van der Waals surface area contributed by atoms with Gasteiger partial charge in [-0.25, -0.2) is 9.78 Å². The molecule has 0 bridgehead atoms. The van der Waals surface area contributed by atoms with Gasteiger partial charge in [0.25, 0.3) is 5.95 Å². The van der Waals surface area contributed by atoms with Crippen LogP contribution < -0.4 is 14.5 Å². The van der Waals surface area contributed by atoms with E-state index in [-0.39, 0.29) is 41.3 Å². The van der Waals surface area contributed by atoms with Crippen LogP contribution in [0.15, 0.2) is 30.3 Å². The van der Waals surface area contributed by atoms with Gasteiger partial charge in [0.15, 0.2) is 0 Å². The summed E-state index contributed by atoms with van der Waals surface area (Å²) in [6.07, 6.45) is -10.9. The molecule has 4 rings (SSSR count). The number of pyridine rings is 1. The number of rotatable bonds is 6. The highest BCUT2D eigenvalue weighted by Crippen LogP contribution is 2.43. The molecule has 3 heterocycles. The van der Waals surface area contributed by atoms with E-state index < -0.39 is 48.2 Å². The van der Waals surface area contributed by atoms with Crippen molar-refractivity contribution in [3.63, 3.8) is 0 Å². The fraction of sp³-hybridized carbons (Fsp3) is 0.435. The standard InChI is InChI=1S/C23H23F6N7O3/c1-4-15-10-17(19-16(36(15)21(37)38)5-6-18(30-19)39-3)35(20-31-33-34(2)32-20)11-12-7-13(22(24,25)26)9-14(8-12)23(27,28)29/h5-9,15,17H,4,10-11H2,1-3H3,(H,37,38)/t15-,17+/m1/s1. The summed E-state index contributed by atoms with van der Waals surface area (Å²) >= 11 is 0. The van der Waals surface area contributed by atoms with Crippen molar-refractivity contribution in [2.24, 2.45) is 7.05 Å². The molecule has 1 aromatic carbocycles. The fourth-order valence-electron chi connectivity index (χ4n) is 4.58. The number of aromatic nitrogens is 5. The first-order valence-corrected chi connectivity index (χ1v) is 11.6. The lowest BCUT2D eigenvalue weighted by molar-refractivity contribution is -0.143. The van der Waals surface area contributed by atoms with Gasteiger partial charge >= 0.3 is 18.4 Å². The highest BCUT2D eigenvalue weighted by Gasteiger charge is 2.41. The summed E-state index contributed by atoms with van der Waals surface area (Å²) in [6, 6.07) is 2.79. The molecular formula is C23H23F6N7O3. The average molecular weight is 559 g/mol. The number of hydrogen-bond acceptors (Lipinski definition) is 7. The summed E-state index contributed by atoms with van der Waals surface area (Å²) in [5.74, 6) is 0.0344. The predicted molar refractivity (Wildman–Crippen MR) is 124 cm³/mol. The molecular weight excluding hydrogens is 536 g/mol. The van der Waals surface area contributed by atoms with Gasteiger partial charge in [0.05, 0.1) is 42.7 Å². The minimum Gasteiger partial charge on any atom is -0.481 e. The van der Waals surface area contributed by atoms with Crippen LogP contribution >= 0.6 is 0 Å². The summed E-state index contributed by atoms with van der Waals surface area (Å²) < 4.78 is 86.5. The van der Waals surface area contributed by atoms with E-state index in [9.17, 15) is 36.2 Å². The van der Waals surface area contributed by atoms with Gasteiger partial charge in [-0.05, 0) is 47.9 Å². The number of nitrogens with zero attached hydrogens (tertiary/aromatic N) is 7. The van der Waals surface area contributed by atoms with Gasteiger partial charge in [0, 0.05) is 18.7 Å². The van der Waals surface area contributed by atoms with Gasteiger partial charge in [-0.3, -0.25) is 4.90 Å². The van der Waals surface area contributed by atoms with Crippen molar-refractivity contribution < 1.29 is 41.0 Å². The van der Waals surface area contributed by atoms with Crippen LogP contribution in [0, 0.1) is 0 Å². The topological polar surface area (TPSA) is 110 Å². The van der Waals surface area contributed by atoms with E-state index in [1.165, 1.54) is 31.2 Å². The molecule has 1 amide bonds. The molecule has 39 heavy (non-hydrogen) atoms. The van der Waals surface area contributed by atoms with E-state index in [0.717, 1.165) is 9.70 Å². The Morgan fingerprint density at radius 1 is 1.13 bits per heavy atom. The summed E-state index contributed by atoms with van der Waals surface area (Å²) in [7, 11) is 2.79. The molecule has 0 aliphatic carbocycles. The maximum Gasteiger partial charge on any atom is 0.416 e. The Kier molecular flexibility index (Phi) is 7.32. The lowest BCUT2D eigenvalue weighted by Gasteiger charge is -2.42. The maximum atomic E-state index is 13.5. The molecule has 0 radical (unpaired) electrons. The fourth-order valence-corrected chi connectivity index (χ4v) is 4.58. The second-order valence-corrected chi connectivity index (χ2v) is 8.85. The zero-order valence-electron chi connectivity index (χ0n) is 20.8. The van der Waals surface area contributed by atoms with Crippen molar-refractivity contribution in [3.05, 3.63) is 52.7 Å². The molecule has 3 aromatic rings. The molecule has 10 nitrogen and oxygen atoms in total. The number of anilines is 2. The number of amides is 1. The summed E-state index contributed by atoms with van der Waals surface area (Å²) in [5.41, 5.74) is -2.88. The van der Waals surface area contributed by atoms with E-state index in [4.69, 9.17) is 4.74 Å². The summed E-state index contributed by atoms with van der Waals surface area (Å²) in [5, 5.41) is 21.8. The molecule has 1 aliphatic rings. The van der Waals surface area contributed by atoms with Crippen LogP contribution in [0.25, 0.3) is 0 Å². The molecule has 0 unspecified atom stereocenters. The maximum absolute atomic E-state index is 13.5. The Balaban J connectivity index is 1.90. The van der Waals surface area contributed by atoms with Crippen molar-refractivity contribution in [3.8, 4) is 5.88 Å². The number of fused-ring (bicyclic) bond motifs is 1. The number of alkyl halides is 6. The van der Waals surface area contributed by atoms with Gasteiger partial charge in [-0.15, -0.1) is 5.10 Å². The van der Waals surface area contributed by atoms with Crippen molar-refractivity contribution in [1.29, 1.82) is 0 Å². The van der Waals surface area contributed by atoms with Gasteiger partial charge in [-0.1, -0.05) is 12.0 Å². The molecule has 0 spiro atoms. The Morgan fingerprint density at radius 3 is 2.26 bits per heavy atom. The lowest BCUT2D eigenvalue weighted by Crippen LogP contribution is -2.47.